The Morgan fingerprint density at radius 2 is 2.17 bits per heavy atom. The molecule has 1 fully saturated rings. The number of thioether (sulfide) groups is 1. The fourth-order valence-corrected chi connectivity index (χ4v) is 4.43. The van der Waals surface area contributed by atoms with E-state index in [4.69, 9.17) is 12.2 Å². The summed E-state index contributed by atoms with van der Waals surface area (Å²) in [6.07, 6.45) is 1.80. The van der Waals surface area contributed by atoms with Crippen molar-refractivity contribution in [1.82, 2.24) is 4.90 Å². The Labute approximate surface area is 161 Å². The highest BCUT2D eigenvalue weighted by atomic mass is 79.9. The number of halogens is 1. The van der Waals surface area contributed by atoms with E-state index in [0.717, 1.165) is 9.35 Å². The molecular weight excluding hydrogens is 428 g/mol. The number of carbonyl (C=O) groups is 2. The van der Waals surface area contributed by atoms with Crippen molar-refractivity contribution in [3.8, 4) is 0 Å². The molecule has 2 amide bonds. The number of amides is 2. The third-order valence-corrected chi connectivity index (χ3v) is 5.79. The van der Waals surface area contributed by atoms with E-state index < -0.39 is 0 Å². The normalized spacial score (nSPS) is 16.0. The third-order valence-electron chi connectivity index (χ3n) is 3.10. The number of nitrogens with one attached hydrogen (secondary N) is 1. The predicted molar refractivity (Wildman–Crippen MR) is 107 cm³/mol. The van der Waals surface area contributed by atoms with Crippen molar-refractivity contribution in [3.63, 3.8) is 0 Å². The zero-order chi connectivity index (χ0) is 17.1. The number of benzene rings is 1. The lowest BCUT2D eigenvalue weighted by molar-refractivity contribution is -0.126. The van der Waals surface area contributed by atoms with E-state index in [1.165, 1.54) is 16.7 Å². The van der Waals surface area contributed by atoms with Gasteiger partial charge in [0.05, 0.1) is 4.91 Å². The molecule has 122 valence electrons. The molecule has 4 nitrogen and oxygen atoms in total. The summed E-state index contributed by atoms with van der Waals surface area (Å²) in [5, 5.41) is 4.70. The van der Waals surface area contributed by atoms with Crippen LogP contribution in [0.4, 0.5) is 5.69 Å². The third kappa shape index (κ3) is 4.13. The summed E-state index contributed by atoms with van der Waals surface area (Å²) in [6.45, 7) is -0.0983. The molecule has 1 N–H and O–H groups in total. The first kappa shape index (κ1) is 17.3. The molecule has 1 saturated heterocycles. The maximum atomic E-state index is 12.5. The predicted octanol–water partition coefficient (Wildman–Crippen LogP) is 4.35. The molecule has 0 saturated carbocycles. The Hall–Kier alpha value is -1.48. The van der Waals surface area contributed by atoms with Crippen LogP contribution >= 0.6 is 51.2 Å². The van der Waals surface area contributed by atoms with E-state index in [2.05, 4.69) is 21.2 Å². The van der Waals surface area contributed by atoms with Gasteiger partial charge in [-0.1, -0.05) is 52.0 Å². The lowest BCUT2D eigenvalue weighted by Crippen LogP contribution is -2.36. The molecular formula is C16H11BrN2O2S3. The summed E-state index contributed by atoms with van der Waals surface area (Å²) in [7, 11) is 0. The van der Waals surface area contributed by atoms with Crippen molar-refractivity contribution in [2.75, 3.05) is 11.9 Å². The highest BCUT2D eigenvalue weighted by Crippen LogP contribution is 2.33. The standard InChI is InChI=1S/C16H11BrN2O2S3/c17-10-3-1-4-11(7-10)18-14(20)9-19-15(21)13(24-16(19)22)8-12-5-2-6-23-12/h1-8H,9H2,(H,18,20)/b13-8+. The van der Waals surface area contributed by atoms with Crippen LogP contribution in [-0.2, 0) is 9.59 Å². The molecule has 0 aliphatic carbocycles. The molecule has 0 bridgehead atoms. The van der Waals surface area contributed by atoms with Crippen molar-refractivity contribution in [2.24, 2.45) is 0 Å². The second-order valence-corrected chi connectivity index (χ2v) is 8.41. The molecule has 24 heavy (non-hydrogen) atoms. The van der Waals surface area contributed by atoms with E-state index >= 15 is 0 Å². The van der Waals surface area contributed by atoms with Gasteiger partial charge in [-0.25, -0.2) is 0 Å². The van der Waals surface area contributed by atoms with Gasteiger partial charge >= 0.3 is 0 Å². The summed E-state index contributed by atoms with van der Waals surface area (Å²) in [4.78, 5) is 27.5. The molecule has 2 heterocycles. The van der Waals surface area contributed by atoms with Gasteiger partial charge < -0.3 is 5.32 Å². The van der Waals surface area contributed by atoms with Crippen LogP contribution in [0.25, 0.3) is 6.08 Å². The topological polar surface area (TPSA) is 49.4 Å². The SMILES string of the molecule is O=C(CN1C(=O)/C(=C\c2cccs2)SC1=S)Nc1cccc(Br)c1. The number of hydrogen-bond acceptors (Lipinski definition) is 5. The molecule has 0 radical (unpaired) electrons. The van der Waals surface area contributed by atoms with Gasteiger partial charge in [0, 0.05) is 15.0 Å². The van der Waals surface area contributed by atoms with Crippen LogP contribution in [0.1, 0.15) is 4.88 Å². The van der Waals surface area contributed by atoms with Gasteiger partial charge in [0.1, 0.15) is 10.9 Å². The average Bonchev–Trinajstić information content (AvgIpc) is 3.12. The molecule has 3 rings (SSSR count). The van der Waals surface area contributed by atoms with Gasteiger partial charge in [-0.05, 0) is 35.7 Å². The summed E-state index contributed by atoms with van der Waals surface area (Å²) in [5.74, 6) is -0.524. The van der Waals surface area contributed by atoms with E-state index in [1.54, 1.807) is 29.5 Å². The van der Waals surface area contributed by atoms with Crippen molar-refractivity contribution >= 4 is 79.1 Å². The van der Waals surface area contributed by atoms with Crippen molar-refractivity contribution < 1.29 is 9.59 Å². The Bertz CT molecular complexity index is 834. The van der Waals surface area contributed by atoms with E-state index in [-0.39, 0.29) is 18.4 Å². The first-order valence-electron chi connectivity index (χ1n) is 6.87. The quantitative estimate of drug-likeness (QED) is 0.569. The van der Waals surface area contributed by atoms with Gasteiger partial charge in [-0.2, -0.15) is 0 Å². The molecule has 0 spiro atoms. The Morgan fingerprint density at radius 3 is 2.88 bits per heavy atom. The number of rotatable bonds is 4. The summed E-state index contributed by atoms with van der Waals surface area (Å²) in [5.41, 5.74) is 0.661. The van der Waals surface area contributed by atoms with Crippen LogP contribution in [0.15, 0.2) is 51.2 Å². The number of carbonyl (C=O) groups excluding carboxylic acids is 2. The van der Waals surface area contributed by atoms with Gasteiger partial charge in [0.2, 0.25) is 5.91 Å². The Kier molecular flexibility index (Phi) is 5.50. The monoisotopic (exact) mass is 438 g/mol. The molecule has 0 atom stereocenters. The van der Waals surface area contributed by atoms with Gasteiger partial charge in [-0.3, -0.25) is 14.5 Å². The minimum absolute atomic E-state index is 0.0983. The minimum atomic E-state index is -0.290. The second-order valence-electron chi connectivity index (χ2n) is 4.84. The fourth-order valence-electron chi connectivity index (χ4n) is 2.05. The second kappa shape index (κ2) is 7.60. The van der Waals surface area contributed by atoms with Crippen LogP contribution in [-0.4, -0.2) is 27.6 Å². The summed E-state index contributed by atoms with van der Waals surface area (Å²) < 4.78 is 1.26. The summed E-state index contributed by atoms with van der Waals surface area (Å²) >= 11 is 11.3. The smallest absolute Gasteiger partial charge is 0.266 e. The molecule has 1 aliphatic rings. The molecule has 0 unspecified atom stereocenters. The average molecular weight is 439 g/mol. The van der Waals surface area contributed by atoms with E-state index in [0.29, 0.717) is 14.9 Å². The van der Waals surface area contributed by atoms with Crippen LogP contribution in [0.2, 0.25) is 0 Å². The van der Waals surface area contributed by atoms with Gasteiger partial charge in [-0.15, -0.1) is 11.3 Å². The molecule has 2 aromatic rings. The van der Waals surface area contributed by atoms with Crippen molar-refractivity contribution in [2.45, 2.75) is 0 Å². The van der Waals surface area contributed by atoms with Gasteiger partial charge in [0.15, 0.2) is 0 Å². The van der Waals surface area contributed by atoms with Crippen molar-refractivity contribution in [3.05, 3.63) is 56.0 Å². The maximum Gasteiger partial charge on any atom is 0.266 e. The van der Waals surface area contributed by atoms with E-state index in [1.807, 2.05) is 29.6 Å². The number of thiocarbonyl (C=S) groups is 1. The van der Waals surface area contributed by atoms with E-state index in [9.17, 15) is 9.59 Å². The van der Waals surface area contributed by atoms with Gasteiger partial charge in [0.25, 0.3) is 5.91 Å². The number of nitrogens with zero attached hydrogens (tertiary/aromatic N) is 1. The maximum absolute atomic E-state index is 12.5. The molecule has 1 aliphatic heterocycles. The first-order valence-corrected chi connectivity index (χ1v) is 9.77. The summed E-state index contributed by atoms with van der Waals surface area (Å²) in [6, 6.07) is 11.1. The molecule has 1 aromatic heterocycles. The molecule has 1 aromatic carbocycles. The lowest BCUT2D eigenvalue weighted by atomic mass is 10.3. The van der Waals surface area contributed by atoms with Crippen LogP contribution in [0, 0.1) is 0 Å². The Morgan fingerprint density at radius 1 is 1.33 bits per heavy atom. The first-order chi connectivity index (χ1) is 11.5. The van der Waals surface area contributed by atoms with Crippen LogP contribution in [0.3, 0.4) is 0 Å². The molecule has 8 heteroatoms. The Balaban J connectivity index is 1.67. The highest BCUT2D eigenvalue weighted by molar-refractivity contribution is 9.10. The van der Waals surface area contributed by atoms with Crippen LogP contribution in [0.5, 0.6) is 0 Å². The number of thiophene rings is 1. The fraction of sp³-hybridized carbons (Fsp3) is 0.0625. The minimum Gasteiger partial charge on any atom is -0.324 e. The number of anilines is 1. The lowest BCUT2D eigenvalue weighted by Gasteiger charge is -2.14. The number of hydrogen-bond donors (Lipinski definition) is 1. The largest absolute Gasteiger partial charge is 0.324 e. The van der Waals surface area contributed by atoms with Crippen molar-refractivity contribution in [1.29, 1.82) is 0 Å². The zero-order valence-electron chi connectivity index (χ0n) is 12.2. The zero-order valence-corrected chi connectivity index (χ0v) is 16.2. The van der Waals surface area contributed by atoms with Crippen LogP contribution < -0.4 is 5.32 Å². The highest BCUT2D eigenvalue weighted by Gasteiger charge is 2.33.